The highest BCUT2D eigenvalue weighted by Gasteiger charge is 2.19. The lowest BCUT2D eigenvalue weighted by Gasteiger charge is -2.36. The van der Waals surface area contributed by atoms with E-state index < -0.39 is 0 Å². The Morgan fingerprint density at radius 2 is 1.92 bits per heavy atom. The summed E-state index contributed by atoms with van der Waals surface area (Å²) in [5.74, 6) is 1.86. The highest BCUT2D eigenvalue weighted by molar-refractivity contribution is 5.79. The highest BCUT2D eigenvalue weighted by atomic mass is 16.5. The number of nitrogens with zero attached hydrogens (tertiary/aromatic N) is 4. The number of hydrogen-bond acceptors (Lipinski definition) is 4. The maximum Gasteiger partial charge on any atom is 0.193 e. The van der Waals surface area contributed by atoms with Crippen LogP contribution in [-0.4, -0.2) is 99.8 Å². The lowest BCUT2D eigenvalue weighted by atomic mass is 9.96. The lowest BCUT2D eigenvalue weighted by molar-refractivity contribution is 0.0625. The van der Waals surface area contributed by atoms with Gasteiger partial charge in [0.2, 0.25) is 0 Å². The van der Waals surface area contributed by atoms with Gasteiger partial charge in [0.25, 0.3) is 0 Å². The molecule has 6 nitrogen and oxygen atoms in total. The number of ether oxygens (including phenoxy) is 1. The van der Waals surface area contributed by atoms with E-state index >= 15 is 0 Å². The second-order valence-electron chi connectivity index (χ2n) is 7.65. The first-order valence-corrected chi connectivity index (χ1v) is 10.1. The topological polar surface area (TPSA) is 43.3 Å². The molecule has 2 heterocycles. The minimum Gasteiger partial charge on any atom is -0.381 e. The van der Waals surface area contributed by atoms with Crippen molar-refractivity contribution in [1.29, 1.82) is 0 Å². The average molecular weight is 354 g/mol. The van der Waals surface area contributed by atoms with E-state index in [1.54, 1.807) is 0 Å². The third-order valence-corrected chi connectivity index (χ3v) is 5.58. The molecule has 0 radical (unpaired) electrons. The van der Waals surface area contributed by atoms with E-state index in [1.165, 1.54) is 32.4 Å². The second kappa shape index (κ2) is 11.0. The van der Waals surface area contributed by atoms with Crippen LogP contribution in [0.3, 0.4) is 0 Å². The van der Waals surface area contributed by atoms with Crippen molar-refractivity contribution in [2.75, 3.05) is 73.1 Å². The van der Waals surface area contributed by atoms with Gasteiger partial charge in [0.05, 0.1) is 6.54 Å². The predicted octanol–water partition coefficient (Wildman–Crippen LogP) is 1.34. The summed E-state index contributed by atoms with van der Waals surface area (Å²) in [5.41, 5.74) is 0. The fourth-order valence-electron chi connectivity index (χ4n) is 3.58. The van der Waals surface area contributed by atoms with E-state index in [0.717, 1.165) is 57.8 Å². The van der Waals surface area contributed by atoms with E-state index in [9.17, 15) is 0 Å². The van der Waals surface area contributed by atoms with E-state index in [-0.39, 0.29) is 0 Å². The zero-order chi connectivity index (χ0) is 18.1. The molecular weight excluding hydrogens is 314 g/mol. The van der Waals surface area contributed by atoms with Crippen molar-refractivity contribution in [3.05, 3.63) is 0 Å². The molecule has 2 saturated heterocycles. The van der Waals surface area contributed by atoms with Gasteiger partial charge in [0, 0.05) is 65.6 Å². The number of aliphatic imine (C=N–C) groups is 1. The van der Waals surface area contributed by atoms with Crippen molar-refractivity contribution >= 4 is 5.96 Å². The molecular formula is C19H39N5O. The average Bonchev–Trinajstić information content (AvgIpc) is 2.64. The molecule has 0 aromatic carbocycles. The van der Waals surface area contributed by atoms with Gasteiger partial charge in [-0.1, -0.05) is 0 Å². The summed E-state index contributed by atoms with van der Waals surface area (Å²) in [6, 6.07) is 0.506. The first-order chi connectivity index (χ1) is 12.1. The number of rotatable bonds is 7. The second-order valence-corrected chi connectivity index (χ2v) is 7.65. The molecule has 0 saturated carbocycles. The van der Waals surface area contributed by atoms with Crippen molar-refractivity contribution < 1.29 is 4.74 Å². The Bertz CT molecular complexity index is 389. The lowest BCUT2D eigenvalue weighted by Crippen LogP contribution is -2.49. The maximum absolute atomic E-state index is 5.46. The number of hydrogen-bond donors (Lipinski definition) is 1. The number of guanidine groups is 1. The summed E-state index contributed by atoms with van der Waals surface area (Å²) >= 11 is 0. The summed E-state index contributed by atoms with van der Waals surface area (Å²) in [4.78, 5) is 12.2. The standard InChI is InChI=1S/C19H39N5O/c1-5-20-19(23(4)9-6-18-7-14-25-15-8-18)21-16-17(2)24-12-10-22(3)11-13-24/h17-18H,5-16H2,1-4H3,(H,20,21). The molecule has 2 aliphatic heterocycles. The molecule has 0 aromatic rings. The molecule has 1 N–H and O–H groups in total. The minimum absolute atomic E-state index is 0.506. The van der Waals surface area contributed by atoms with Gasteiger partial charge in [-0.2, -0.15) is 0 Å². The number of nitrogens with one attached hydrogen (secondary N) is 1. The summed E-state index contributed by atoms with van der Waals surface area (Å²) in [7, 11) is 4.37. The SMILES string of the molecule is CCNC(=NCC(C)N1CCN(C)CC1)N(C)CCC1CCOCC1. The van der Waals surface area contributed by atoms with Crippen LogP contribution in [0.2, 0.25) is 0 Å². The van der Waals surface area contributed by atoms with Gasteiger partial charge >= 0.3 is 0 Å². The highest BCUT2D eigenvalue weighted by Crippen LogP contribution is 2.18. The first kappa shape index (κ1) is 20.5. The van der Waals surface area contributed by atoms with Gasteiger partial charge in [0.1, 0.15) is 0 Å². The molecule has 1 unspecified atom stereocenters. The molecule has 6 heteroatoms. The third-order valence-electron chi connectivity index (χ3n) is 5.58. The molecule has 0 aliphatic carbocycles. The molecule has 2 fully saturated rings. The van der Waals surface area contributed by atoms with Crippen LogP contribution in [0.1, 0.15) is 33.1 Å². The molecule has 25 heavy (non-hydrogen) atoms. The third kappa shape index (κ3) is 7.12. The quantitative estimate of drug-likeness (QED) is 0.553. The predicted molar refractivity (Wildman–Crippen MR) is 105 cm³/mol. The van der Waals surface area contributed by atoms with Crippen LogP contribution in [0, 0.1) is 5.92 Å². The van der Waals surface area contributed by atoms with Crippen LogP contribution in [0.4, 0.5) is 0 Å². The van der Waals surface area contributed by atoms with Crippen LogP contribution in [-0.2, 0) is 4.74 Å². The minimum atomic E-state index is 0.506. The van der Waals surface area contributed by atoms with E-state index in [0.29, 0.717) is 6.04 Å². The molecule has 2 rings (SSSR count). The zero-order valence-corrected chi connectivity index (χ0v) is 16.8. The first-order valence-electron chi connectivity index (χ1n) is 10.1. The Kier molecular flexibility index (Phi) is 8.99. The normalized spacial score (nSPS) is 22.8. The van der Waals surface area contributed by atoms with Gasteiger partial charge < -0.3 is 19.9 Å². The monoisotopic (exact) mass is 353 g/mol. The number of likely N-dealkylation sites (N-methyl/N-ethyl adjacent to an activating group) is 1. The van der Waals surface area contributed by atoms with E-state index in [1.807, 2.05) is 0 Å². The molecule has 146 valence electrons. The van der Waals surface area contributed by atoms with Gasteiger partial charge in [-0.05, 0) is 46.1 Å². The Hall–Kier alpha value is -0.850. The smallest absolute Gasteiger partial charge is 0.193 e. The summed E-state index contributed by atoms with van der Waals surface area (Å²) in [5, 5.41) is 3.46. The maximum atomic E-state index is 5.46. The summed E-state index contributed by atoms with van der Waals surface area (Å²) in [6.45, 7) is 13.8. The molecule has 1 atom stereocenters. The summed E-state index contributed by atoms with van der Waals surface area (Å²) < 4.78 is 5.46. The van der Waals surface area contributed by atoms with Crippen LogP contribution in [0.25, 0.3) is 0 Å². The van der Waals surface area contributed by atoms with Crippen LogP contribution in [0.5, 0.6) is 0 Å². The molecule has 2 aliphatic rings. The Balaban J connectivity index is 1.79. The zero-order valence-electron chi connectivity index (χ0n) is 16.8. The van der Waals surface area contributed by atoms with Crippen molar-refractivity contribution in [2.24, 2.45) is 10.9 Å². The Labute approximate surface area is 154 Å². The molecule has 0 bridgehead atoms. The van der Waals surface area contributed by atoms with Gasteiger partial charge in [-0.15, -0.1) is 0 Å². The van der Waals surface area contributed by atoms with Gasteiger partial charge in [-0.3, -0.25) is 9.89 Å². The Morgan fingerprint density at radius 3 is 2.56 bits per heavy atom. The van der Waals surface area contributed by atoms with Gasteiger partial charge in [0.15, 0.2) is 5.96 Å². The van der Waals surface area contributed by atoms with Crippen LogP contribution in [0.15, 0.2) is 4.99 Å². The number of piperazine rings is 1. The van der Waals surface area contributed by atoms with Gasteiger partial charge in [-0.25, -0.2) is 0 Å². The molecule has 0 spiro atoms. The van der Waals surface area contributed by atoms with Crippen LogP contribution >= 0.6 is 0 Å². The van der Waals surface area contributed by atoms with E-state index in [2.05, 4.69) is 48.0 Å². The Morgan fingerprint density at radius 1 is 1.24 bits per heavy atom. The van der Waals surface area contributed by atoms with Crippen molar-refractivity contribution in [2.45, 2.75) is 39.2 Å². The molecule has 0 amide bonds. The van der Waals surface area contributed by atoms with Crippen molar-refractivity contribution in [3.8, 4) is 0 Å². The fraction of sp³-hybridized carbons (Fsp3) is 0.947. The van der Waals surface area contributed by atoms with Crippen molar-refractivity contribution in [1.82, 2.24) is 20.0 Å². The van der Waals surface area contributed by atoms with E-state index in [4.69, 9.17) is 9.73 Å². The van der Waals surface area contributed by atoms with Crippen LogP contribution < -0.4 is 5.32 Å². The van der Waals surface area contributed by atoms with Crippen molar-refractivity contribution in [3.63, 3.8) is 0 Å². The molecule has 0 aromatic heterocycles. The largest absolute Gasteiger partial charge is 0.381 e. The fourth-order valence-corrected chi connectivity index (χ4v) is 3.58. The summed E-state index contributed by atoms with van der Waals surface area (Å²) in [6.07, 6.45) is 3.65.